The second kappa shape index (κ2) is 10.2. The van der Waals surface area contributed by atoms with E-state index in [0.29, 0.717) is 19.1 Å². The van der Waals surface area contributed by atoms with Gasteiger partial charge in [-0.05, 0) is 30.9 Å². The molecule has 1 atom stereocenters. The zero-order valence-corrected chi connectivity index (χ0v) is 13.3. The molecule has 0 heterocycles. The maximum Gasteiger partial charge on any atom is 0.410 e. The quantitative estimate of drug-likeness (QED) is 0.759. The van der Waals surface area contributed by atoms with Crippen LogP contribution < -0.4 is 5.73 Å². The lowest BCUT2D eigenvalue weighted by Crippen LogP contribution is -2.34. The van der Waals surface area contributed by atoms with Gasteiger partial charge in [0.25, 0.3) is 0 Å². The van der Waals surface area contributed by atoms with Crippen molar-refractivity contribution in [2.75, 3.05) is 19.6 Å². The molecule has 0 saturated carbocycles. The van der Waals surface area contributed by atoms with E-state index in [4.69, 9.17) is 10.5 Å². The maximum absolute atomic E-state index is 12.2. The van der Waals surface area contributed by atoms with Crippen molar-refractivity contribution in [1.29, 1.82) is 0 Å². The first-order valence-electron chi connectivity index (χ1n) is 7.86. The molecule has 0 spiro atoms. The van der Waals surface area contributed by atoms with Gasteiger partial charge in [0, 0.05) is 13.1 Å². The van der Waals surface area contributed by atoms with E-state index in [1.165, 1.54) is 0 Å². The van der Waals surface area contributed by atoms with Gasteiger partial charge < -0.3 is 15.4 Å². The lowest BCUT2D eigenvalue weighted by Gasteiger charge is -2.23. The van der Waals surface area contributed by atoms with Crippen molar-refractivity contribution in [2.24, 2.45) is 11.7 Å². The molecule has 0 radical (unpaired) electrons. The molecular weight excluding hydrogens is 264 g/mol. The number of benzene rings is 1. The molecule has 0 aliphatic rings. The second-order valence-electron chi connectivity index (χ2n) is 5.33. The van der Waals surface area contributed by atoms with Gasteiger partial charge in [-0.1, -0.05) is 50.6 Å². The Morgan fingerprint density at radius 1 is 1.24 bits per heavy atom. The first-order chi connectivity index (χ1) is 10.2. The zero-order valence-electron chi connectivity index (χ0n) is 13.3. The summed E-state index contributed by atoms with van der Waals surface area (Å²) in [6.07, 6.45) is 2.69. The zero-order chi connectivity index (χ0) is 15.5. The summed E-state index contributed by atoms with van der Waals surface area (Å²) in [5.74, 6) is 0.478. The Bertz CT molecular complexity index is 391. The lowest BCUT2D eigenvalue weighted by atomic mass is 10.0. The van der Waals surface area contributed by atoms with Gasteiger partial charge in [-0.3, -0.25) is 0 Å². The lowest BCUT2D eigenvalue weighted by molar-refractivity contribution is 0.0939. The molecule has 2 N–H and O–H groups in total. The third-order valence-corrected chi connectivity index (χ3v) is 3.67. The van der Waals surface area contributed by atoms with E-state index < -0.39 is 0 Å². The monoisotopic (exact) mass is 292 g/mol. The van der Waals surface area contributed by atoms with Crippen molar-refractivity contribution < 1.29 is 9.53 Å². The van der Waals surface area contributed by atoms with Gasteiger partial charge in [-0.15, -0.1) is 0 Å². The number of rotatable bonds is 9. The largest absolute Gasteiger partial charge is 0.445 e. The third kappa shape index (κ3) is 6.63. The van der Waals surface area contributed by atoms with Gasteiger partial charge in [0.2, 0.25) is 0 Å². The molecule has 0 aromatic heterocycles. The van der Waals surface area contributed by atoms with Crippen LogP contribution in [0.2, 0.25) is 0 Å². The molecule has 1 unspecified atom stereocenters. The highest BCUT2D eigenvalue weighted by Crippen LogP contribution is 2.10. The number of carbonyl (C=O) groups excluding carboxylic acids is 1. The van der Waals surface area contributed by atoms with Crippen molar-refractivity contribution in [3.8, 4) is 0 Å². The van der Waals surface area contributed by atoms with Crippen molar-refractivity contribution in [1.82, 2.24) is 4.90 Å². The van der Waals surface area contributed by atoms with E-state index in [2.05, 4.69) is 13.8 Å². The van der Waals surface area contributed by atoms with Gasteiger partial charge in [-0.25, -0.2) is 4.79 Å². The van der Waals surface area contributed by atoms with Crippen molar-refractivity contribution in [2.45, 2.75) is 39.7 Å². The van der Waals surface area contributed by atoms with Crippen LogP contribution in [0.5, 0.6) is 0 Å². The Morgan fingerprint density at radius 3 is 2.52 bits per heavy atom. The summed E-state index contributed by atoms with van der Waals surface area (Å²) in [7, 11) is 0. The van der Waals surface area contributed by atoms with E-state index in [0.717, 1.165) is 37.9 Å². The van der Waals surface area contributed by atoms with Crippen LogP contribution in [0.25, 0.3) is 0 Å². The fraction of sp³-hybridized carbons (Fsp3) is 0.588. The minimum absolute atomic E-state index is 0.229. The molecule has 0 bridgehead atoms. The first kappa shape index (κ1) is 17.5. The summed E-state index contributed by atoms with van der Waals surface area (Å²) in [6, 6.07) is 9.75. The standard InChI is InChI=1S/C17H28N2O2/c1-3-11-19(12-10-15(4-2)13-18)17(20)21-14-16-8-6-5-7-9-16/h5-9,15H,3-4,10-14,18H2,1-2H3. The van der Waals surface area contributed by atoms with Crippen LogP contribution in [0.1, 0.15) is 38.7 Å². The van der Waals surface area contributed by atoms with E-state index in [1.54, 1.807) is 4.90 Å². The molecule has 0 saturated heterocycles. The molecule has 0 aliphatic carbocycles. The van der Waals surface area contributed by atoms with E-state index >= 15 is 0 Å². The molecular formula is C17H28N2O2. The van der Waals surface area contributed by atoms with Crippen molar-refractivity contribution in [3.63, 3.8) is 0 Å². The highest BCUT2D eigenvalue weighted by molar-refractivity contribution is 5.67. The van der Waals surface area contributed by atoms with Crippen LogP contribution in [-0.4, -0.2) is 30.6 Å². The van der Waals surface area contributed by atoms with Crippen LogP contribution >= 0.6 is 0 Å². The molecule has 4 heteroatoms. The smallest absolute Gasteiger partial charge is 0.410 e. The van der Waals surface area contributed by atoms with Crippen molar-refractivity contribution in [3.05, 3.63) is 35.9 Å². The normalized spacial score (nSPS) is 12.0. The van der Waals surface area contributed by atoms with Gasteiger partial charge in [0.1, 0.15) is 6.61 Å². The molecule has 0 aliphatic heterocycles. The Balaban J connectivity index is 2.44. The van der Waals surface area contributed by atoms with E-state index in [1.807, 2.05) is 30.3 Å². The average molecular weight is 292 g/mol. The maximum atomic E-state index is 12.2. The van der Waals surface area contributed by atoms with Crippen LogP contribution in [-0.2, 0) is 11.3 Å². The third-order valence-electron chi connectivity index (χ3n) is 3.67. The molecule has 21 heavy (non-hydrogen) atoms. The van der Waals surface area contributed by atoms with Crippen molar-refractivity contribution >= 4 is 6.09 Å². The SMILES string of the molecule is CCCN(CCC(CC)CN)C(=O)OCc1ccccc1. The number of nitrogens with two attached hydrogens (primary N) is 1. The molecule has 4 nitrogen and oxygen atoms in total. The second-order valence-corrected chi connectivity index (χ2v) is 5.33. The number of hydrogen-bond donors (Lipinski definition) is 1. The molecule has 1 rings (SSSR count). The van der Waals surface area contributed by atoms with Crippen LogP contribution in [0, 0.1) is 5.92 Å². The van der Waals surface area contributed by atoms with Gasteiger partial charge in [0.05, 0.1) is 0 Å². The average Bonchev–Trinajstić information content (AvgIpc) is 2.53. The highest BCUT2D eigenvalue weighted by Gasteiger charge is 2.15. The van der Waals surface area contributed by atoms with Gasteiger partial charge >= 0.3 is 6.09 Å². The molecule has 1 amide bonds. The fourth-order valence-electron chi connectivity index (χ4n) is 2.20. The topological polar surface area (TPSA) is 55.6 Å². The fourth-order valence-corrected chi connectivity index (χ4v) is 2.20. The Kier molecular flexibility index (Phi) is 8.51. The summed E-state index contributed by atoms with van der Waals surface area (Å²) >= 11 is 0. The predicted molar refractivity (Wildman–Crippen MR) is 85.9 cm³/mol. The Labute approximate surface area is 128 Å². The number of ether oxygens (including phenoxy) is 1. The number of hydrogen-bond acceptors (Lipinski definition) is 3. The van der Waals surface area contributed by atoms with Crippen LogP contribution in [0.3, 0.4) is 0 Å². The molecule has 1 aromatic carbocycles. The van der Waals surface area contributed by atoms with Gasteiger partial charge in [-0.2, -0.15) is 0 Å². The Hall–Kier alpha value is -1.55. The summed E-state index contributed by atoms with van der Waals surface area (Å²) in [5.41, 5.74) is 6.73. The molecule has 1 aromatic rings. The summed E-state index contributed by atoms with van der Waals surface area (Å²) in [6.45, 7) is 6.66. The number of amides is 1. The highest BCUT2D eigenvalue weighted by atomic mass is 16.6. The molecule has 118 valence electrons. The molecule has 0 fully saturated rings. The summed E-state index contributed by atoms with van der Waals surface area (Å²) < 4.78 is 5.40. The van der Waals surface area contributed by atoms with E-state index in [9.17, 15) is 4.79 Å². The minimum Gasteiger partial charge on any atom is -0.445 e. The predicted octanol–water partition coefficient (Wildman–Crippen LogP) is 3.41. The minimum atomic E-state index is -0.229. The van der Waals surface area contributed by atoms with Crippen LogP contribution in [0.4, 0.5) is 4.79 Å². The summed E-state index contributed by atoms with van der Waals surface area (Å²) in [4.78, 5) is 14.0. The van der Waals surface area contributed by atoms with Gasteiger partial charge in [0.15, 0.2) is 0 Å². The summed E-state index contributed by atoms with van der Waals surface area (Å²) in [5, 5.41) is 0. The Morgan fingerprint density at radius 2 is 1.95 bits per heavy atom. The number of carbonyl (C=O) groups is 1. The number of nitrogens with zero attached hydrogens (tertiary/aromatic N) is 1. The van der Waals surface area contributed by atoms with E-state index in [-0.39, 0.29) is 6.09 Å². The van der Waals surface area contributed by atoms with Crippen LogP contribution in [0.15, 0.2) is 30.3 Å². The first-order valence-corrected chi connectivity index (χ1v) is 7.86.